The molecule has 3 aliphatic heterocycles. The molecular formula is C54H36F12N4. The van der Waals surface area contributed by atoms with Crippen molar-refractivity contribution in [3.8, 4) is 0 Å². The van der Waals surface area contributed by atoms with Crippen LogP contribution in [0.5, 0.6) is 0 Å². The Kier molecular flexibility index (Phi) is 11.0. The Morgan fingerprint density at radius 1 is 0.529 bits per heavy atom. The maximum atomic E-state index is 16.3. The molecule has 70 heavy (non-hydrogen) atoms. The molecule has 1 unspecified atom stereocenters. The highest BCUT2D eigenvalue weighted by Crippen LogP contribution is 2.57. The van der Waals surface area contributed by atoms with Crippen LogP contribution in [0, 0.1) is 0 Å². The van der Waals surface area contributed by atoms with Crippen LogP contribution in [0.15, 0.2) is 169 Å². The summed E-state index contributed by atoms with van der Waals surface area (Å²) in [5.74, 6) is 0. The van der Waals surface area contributed by atoms with Crippen molar-refractivity contribution in [2.45, 2.75) is 56.1 Å². The molecule has 0 amide bonds. The molecule has 1 atom stereocenters. The lowest BCUT2D eigenvalue weighted by atomic mass is 9.67. The fraction of sp³-hybridized carbons (Fsp3) is 0.167. The van der Waals surface area contributed by atoms with Gasteiger partial charge in [0.25, 0.3) is 0 Å². The van der Waals surface area contributed by atoms with E-state index in [0.717, 1.165) is 15.2 Å². The predicted molar refractivity (Wildman–Crippen MR) is 241 cm³/mol. The Morgan fingerprint density at radius 2 is 0.957 bits per heavy atom. The molecule has 0 aliphatic carbocycles. The molecule has 1 N–H and O–H groups in total. The largest absolute Gasteiger partial charge is 0.419 e. The maximum absolute atomic E-state index is 16.3. The normalized spacial score (nSPS) is 18.4. The number of hydrogen-bond donors (Lipinski definition) is 1. The average molecular weight is 969 g/mol. The van der Waals surface area contributed by atoms with E-state index >= 15 is 52.7 Å². The van der Waals surface area contributed by atoms with Crippen molar-refractivity contribution in [2.24, 2.45) is 4.99 Å². The molecule has 4 nitrogen and oxygen atoms in total. The molecule has 16 heteroatoms. The maximum Gasteiger partial charge on any atom is 0.419 e. The van der Waals surface area contributed by atoms with E-state index in [1.165, 1.54) is 133 Å². The van der Waals surface area contributed by atoms with Gasteiger partial charge in [0.15, 0.2) is 0 Å². The lowest BCUT2D eigenvalue weighted by Gasteiger charge is -2.40. The standard InChI is InChI=1S/C54H36F12N4/c1-2-29-69-46-39(31-16-7-3-8-17-31)35-24-25-36(67-35)40(32-18-9-4-10-19-32)48-44(53(61,62)63)45(54(64,65)66)49-50(28-15-30-70(48)49,34-22-13-6-14-23-34)38-27-26-37(68-38)41(33-20-11-5-12-21-33)47(69)43(52(58,59)60)42(46)51(55,56)57/h2-14,16-27,67H,1,15,28-30H2/b39-35?,40-36?,41-37-. The Morgan fingerprint density at radius 3 is 1.43 bits per heavy atom. The zero-order chi connectivity index (χ0) is 49.5. The van der Waals surface area contributed by atoms with Crippen molar-refractivity contribution in [2.75, 3.05) is 0 Å². The van der Waals surface area contributed by atoms with E-state index in [1.807, 2.05) is 0 Å². The topological polar surface area (TPSA) is 38.0 Å². The number of nitrogens with zero attached hydrogens (tertiary/aromatic N) is 3. The lowest BCUT2D eigenvalue weighted by molar-refractivity contribution is -0.162. The minimum atomic E-state index is -5.72. The molecule has 10 rings (SSSR count). The van der Waals surface area contributed by atoms with Crippen molar-refractivity contribution in [3.63, 3.8) is 0 Å². The number of alkyl halides is 12. The van der Waals surface area contributed by atoms with E-state index in [-0.39, 0.29) is 63.7 Å². The zero-order valence-electron chi connectivity index (χ0n) is 36.3. The minimum absolute atomic E-state index is 0.00262. The molecule has 6 heterocycles. The number of aromatic amines is 1. The summed E-state index contributed by atoms with van der Waals surface area (Å²) in [6.07, 6.45) is -19.5. The van der Waals surface area contributed by atoms with Gasteiger partial charge < -0.3 is 14.1 Å². The summed E-state index contributed by atoms with van der Waals surface area (Å²) >= 11 is 0. The fourth-order valence-electron chi connectivity index (χ4n) is 10.6. The first kappa shape index (κ1) is 46.2. The van der Waals surface area contributed by atoms with Crippen LogP contribution in [0.4, 0.5) is 52.7 Å². The Hall–Kier alpha value is -7.49. The van der Waals surface area contributed by atoms with Gasteiger partial charge in [-0.05, 0) is 59.4 Å². The van der Waals surface area contributed by atoms with Crippen molar-refractivity contribution >= 4 is 22.4 Å². The summed E-state index contributed by atoms with van der Waals surface area (Å²) in [5, 5.41) is -0.562. The number of hydrogen-bond acceptors (Lipinski definition) is 1. The second-order valence-corrected chi connectivity index (χ2v) is 17.0. The lowest BCUT2D eigenvalue weighted by Crippen LogP contribution is -2.43. The average Bonchev–Trinajstić information content (AvgIpc) is 4.14. The van der Waals surface area contributed by atoms with E-state index < -0.39 is 98.4 Å². The van der Waals surface area contributed by atoms with Crippen LogP contribution in [-0.4, -0.2) is 19.8 Å². The van der Waals surface area contributed by atoms with E-state index in [9.17, 15) is 0 Å². The second-order valence-electron chi connectivity index (χ2n) is 17.0. The molecule has 0 radical (unpaired) electrons. The summed E-state index contributed by atoms with van der Waals surface area (Å²) in [5.41, 5.74) is -15.9. The van der Waals surface area contributed by atoms with Crippen LogP contribution < -0.4 is 10.7 Å². The van der Waals surface area contributed by atoms with Crippen LogP contribution in [0.2, 0.25) is 0 Å². The van der Waals surface area contributed by atoms with Crippen molar-refractivity contribution in [3.05, 3.63) is 242 Å². The monoisotopic (exact) mass is 968 g/mol. The van der Waals surface area contributed by atoms with Crippen LogP contribution in [0.25, 0.3) is 16.7 Å². The van der Waals surface area contributed by atoms with Crippen LogP contribution in [0.3, 0.4) is 0 Å². The Labute approximate surface area is 391 Å². The quantitative estimate of drug-likeness (QED) is 0.127. The number of allylic oxidation sites excluding steroid dienone is 3. The number of benzene rings is 4. The number of rotatable bonds is 6. The summed E-state index contributed by atoms with van der Waals surface area (Å²) in [7, 11) is 0. The molecule has 0 saturated heterocycles. The molecule has 0 spiro atoms. The van der Waals surface area contributed by atoms with Gasteiger partial charge in [-0.25, -0.2) is 0 Å². The van der Waals surface area contributed by atoms with Gasteiger partial charge in [-0.2, -0.15) is 52.7 Å². The van der Waals surface area contributed by atoms with Gasteiger partial charge in [0, 0.05) is 46.2 Å². The number of nitrogens with one attached hydrogen (secondary N) is 1. The van der Waals surface area contributed by atoms with E-state index in [0.29, 0.717) is 0 Å². The summed E-state index contributed by atoms with van der Waals surface area (Å²) in [4.78, 5) is 7.79. The first-order chi connectivity index (χ1) is 33.3. The first-order valence-electron chi connectivity index (χ1n) is 21.9. The summed E-state index contributed by atoms with van der Waals surface area (Å²) < 4.78 is 196. The molecule has 0 saturated carbocycles. The Bertz CT molecular complexity index is 3420. The first-order valence-corrected chi connectivity index (χ1v) is 21.9. The molecule has 3 aliphatic rings. The number of aliphatic imine (C=N–C) groups is 1. The molecule has 7 aromatic rings. The van der Waals surface area contributed by atoms with Crippen molar-refractivity contribution in [1.29, 1.82) is 0 Å². The second kappa shape index (κ2) is 16.6. The highest BCUT2D eigenvalue weighted by Gasteiger charge is 2.58. The third-order valence-corrected chi connectivity index (χ3v) is 13.0. The Balaban J connectivity index is 1.57. The smallest absolute Gasteiger partial charge is 0.354 e. The highest BCUT2D eigenvalue weighted by molar-refractivity contribution is 6.10. The predicted octanol–water partition coefficient (Wildman–Crippen LogP) is 13.2. The SMILES string of the molecule is C=CCn1c2c(C(F)(F)F)c(C(F)(F)F)c1/C(c1ccccc1)=C1/C=CC(=N1)C1(c3ccccc3)CCCn3c(c(C(F)(F)F)c(C(F)(F)F)c31)C(c1ccccc1)=c1ccc([nH]1)=C2c1ccccc1. The van der Waals surface area contributed by atoms with Gasteiger partial charge in [0.05, 0.1) is 56.2 Å². The highest BCUT2D eigenvalue weighted by atomic mass is 19.4. The van der Waals surface area contributed by atoms with Gasteiger partial charge in [-0.1, -0.05) is 127 Å². The molecule has 0 fully saturated rings. The third-order valence-electron chi connectivity index (χ3n) is 13.0. The number of fused-ring (bicyclic) bond motifs is 6. The van der Waals surface area contributed by atoms with Crippen LogP contribution in [0.1, 0.15) is 80.1 Å². The minimum Gasteiger partial charge on any atom is -0.354 e. The van der Waals surface area contributed by atoms with Gasteiger partial charge in [0.2, 0.25) is 0 Å². The van der Waals surface area contributed by atoms with E-state index in [1.54, 1.807) is 12.1 Å². The van der Waals surface area contributed by atoms with Gasteiger partial charge in [0.1, 0.15) is 0 Å². The molecule has 4 aromatic carbocycles. The number of aromatic nitrogens is 3. The van der Waals surface area contributed by atoms with Crippen molar-refractivity contribution in [1.82, 2.24) is 14.1 Å². The van der Waals surface area contributed by atoms with E-state index in [2.05, 4.69) is 11.6 Å². The molecular weight excluding hydrogens is 933 g/mol. The third kappa shape index (κ3) is 7.37. The van der Waals surface area contributed by atoms with Crippen molar-refractivity contribution < 1.29 is 52.7 Å². The molecule has 356 valence electrons. The van der Waals surface area contributed by atoms with Gasteiger partial charge in [-0.3, -0.25) is 4.99 Å². The number of halogens is 12. The van der Waals surface area contributed by atoms with Crippen LogP contribution >= 0.6 is 0 Å². The summed E-state index contributed by atoms with van der Waals surface area (Å²) in [6.45, 7) is 2.74. The van der Waals surface area contributed by atoms with Gasteiger partial charge in [-0.15, -0.1) is 6.58 Å². The molecule has 3 aromatic heterocycles. The zero-order valence-corrected chi connectivity index (χ0v) is 36.3. The van der Waals surface area contributed by atoms with Gasteiger partial charge >= 0.3 is 24.7 Å². The van der Waals surface area contributed by atoms with Crippen LogP contribution in [-0.2, 0) is 43.2 Å². The summed E-state index contributed by atoms with van der Waals surface area (Å²) in [6, 6.07) is 31.4. The number of H-pyrrole nitrogens is 1. The van der Waals surface area contributed by atoms with E-state index in [4.69, 9.17) is 4.99 Å². The molecule has 10 bridgehead atoms. The fourth-order valence-corrected chi connectivity index (χ4v) is 10.6.